The normalized spacial score (nSPS) is 15.1. The molecule has 0 aliphatic carbocycles. The number of aromatic nitrogens is 2. The van der Waals surface area contributed by atoms with E-state index in [1.54, 1.807) is 0 Å². The molecular formula is C8H12N2O4. The van der Waals surface area contributed by atoms with Gasteiger partial charge in [-0.15, -0.1) is 0 Å². The van der Waals surface area contributed by atoms with Crippen LogP contribution < -0.4 is 0 Å². The quantitative estimate of drug-likeness (QED) is 0.472. The molecule has 0 fully saturated rings. The van der Waals surface area contributed by atoms with Crippen molar-refractivity contribution in [2.45, 2.75) is 12.2 Å². The third kappa shape index (κ3) is 2.46. The molecule has 0 radical (unpaired) electrons. The van der Waals surface area contributed by atoms with Crippen LogP contribution in [0.2, 0.25) is 0 Å². The van der Waals surface area contributed by atoms with Crippen molar-refractivity contribution in [1.82, 2.24) is 9.97 Å². The Hall–Kier alpha value is -1.08. The molecule has 0 saturated carbocycles. The molecule has 78 valence electrons. The molecule has 0 saturated heterocycles. The fraction of sp³-hybridized carbons (Fsp3) is 0.500. The van der Waals surface area contributed by atoms with Crippen LogP contribution in [0, 0.1) is 0 Å². The second-order valence-electron chi connectivity index (χ2n) is 2.77. The summed E-state index contributed by atoms with van der Waals surface area (Å²) in [7, 11) is 0. The summed E-state index contributed by atoms with van der Waals surface area (Å²) in [6.45, 7) is -0.930. The van der Waals surface area contributed by atoms with Crippen LogP contribution >= 0.6 is 0 Å². The second kappa shape index (κ2) is 4.97. The van der Waals surface area contributed by atoms with Gasteiger partial charge in [0.1, 0.15) is 12.2 Å². The van der Waals surface area contributed by atoms with Gasteiger partial charge in [-0.1, -0.05) is 0 Å². The predicted molar refractivity (Wildman–Crippen MR) is 46.1 cm³/mol. The van der Waals surface area contributed by atoms with Crippen molar-refractivity contribution in [2.24, 2.45) is 0 Å². The molecule has 1 aromatic heterocycles. The predicted octanol–water partition coefficient (Wildman–Crippen LogP) is -1.47. The van der Waals surface area contributed by atoms with E-state index in [2.05, 4.69) is 9.97 Å². The van der Waals surface area contributed by atoms with Crippen molar-refractivity contribution in [3.8, 4) is 0 Å². The van der Waals surface area contributed by atoms with Gasteiger partial charge in [-0.3, -0.25) is 4.98 Å². The smallest absolute Gasteiger partial charge is 0.120 e. The highest BCUT2D eigenvalue weighted by molar-refractivity contribution is 5.08. The third-order valence-electron chi connectivity index (χ3n) is 1.70. The first-order chi connectivity index (χ1) is 6.69. The Morgan fingerprint density at radius 2 is 1.43 bits per heavy atom. The van der Waals surface area contributed by atoms with E-state index in [1.165, 1.54) is 12.4 Å². The van der Waals surface area contributed by atoms with E-state index in [1.807, 2.05) is 0 Å². The maximum atomic E-state index is 9.21. The zero-order chi connectivity index (χ0) is 10.6. The fourth-order valence-electron chi connectivity index (χ4n) is 0.905. The number of hydrogen-bond acceptors (Lipinski definition) is 6. The molecule has 0 unspecified atom stereocenters. The van der Waals surface area contributed by atoms with Crippen LogP contribution in [-0.2, 0) is 0 Å². The Labute approximate surface area is 80.5 Å². The number of hydrogen-bond donors (Lipinski definition) is 4. The molecule has 6 heteroatoms. The van der Waals surface area contributed by atoms with Crippen LogP contribution in [0.1, 0.15) is 23.6 Å². The molecule has 0 aliphatic heterocycles. The Morgan fingerprint density at radius 3 is 1.79 bits per heavy atom. The minimum Gasteiger partial charge on any atom is -0.393 e. The first-order valence-corrected chi connectivity index (χ1v) is 4.08. The van der Waals surface area contributed by atoms with Crippen molar-refractivity contribution in [3.63, 3.8) is 0 Å². The lowest BCUT2D eigenvalue weighted by molar-refractivity contribution is 0.0832. The second-order valence-corrected chi connectivity index (χ2v) is 2.77. The molecule has 0 spiro atoms. The maximum absolute atomic E-state index is 9.21. The molecule has 1 aromatic rings. The largest absolute Gasteiger partial charge is 0.393 e. The Kier molecular flexibility index (Phi) is 3.90. The standard InChI is InChI=1S/C8H12N2O4/c11-3-7(13)5-1-9-2-6(10-5)8(14)4-12/h1-2,7-8,11-14H,3-4H2/t7-,8-/m0/s1. The van der Waals surface area contributed by atoms with Crippen LogP contribution in [-0.4, -0.2) is 43.6 Å². The van der Waals surface area contributed by atoms with Gasteiger partial charge in [-0.2, -0.15) is 0 Å². The molecule has 14 heavy (non-hydrogen) atoms. The van der Waals surface area contributed by atoms with Gasteiger partial charge >= 0.3 is 0 Å². The lowest BCUT2D eigenvalue weighted by atomic mass is 10.2. The van der Waals surface area contributed by atoms with E-state index in [0.717, 1.165) is 0 Å². The maximum Gasteiger partial charge on any atom is 0.120 e. The van der Waals surface area contributed by atoms with Gasteiger partial charge in [0.15, 0.2) is 0 Å². The van der Waals surface area contributed by atoms with Crippen molar-refractivity contribution in [3.05, 3.63) is 23.8 Å². The average Bonchev–Trinajstić information content (AvgIpc) is 2.27. The van der Waals surface area contributed by atoms with Gasteiger partial charge in [-0.05, 0) is 0 Å². The summed E-state index contributed by atoms with van der Waals surface area (Å²) in [5.74, 6) is 0. The summed E-state index contributed by atoms with van der Waals surface area (Å²) in [5.41, 5.74) is 0.329. The summed E-state index contributed by atoms with van der Waals surface area (Å²) >= 11 is 0. The van der Waals surface area contributed by atoms with Gasteiger partial charge in [0.2, 0.25) is 0 Å². The number of aliphatic hydroxyl groups is 4. The van der Waals surface area contributed by atoms with Gasteiger partial charge in [-0.25, -0.2) is 4.98 Å². The minimum atomic E-state index is -1.12. The molecule has 0 bridgehead atoms. The number of rotatable bonds is 4. The van der Waals surface area contributed by atoms with Gasteiger partial charge in [0, 0.05) is 0 Å². The summed E-state index contributed by atoms with van der Waals surface area (Å²) in [4.78, 5) is 7.55. The van der Waals surface area contributed by atoms with Crippen LogP contribution in [0.3, 0.4) is 0 Å². The Morgan fingerprint density at radius 1 is 1.00 bits per heavy atom. The first kappa shape index (κ1) is 11.0. The molecule has 6 nitrogen and oxygen atoms in total. The van der Waals surface area contributed by atoms with Gasteiger partial charge in [0.05, 0.1) is 37.0 Å². The number of nitrogens with zero attached hydrogens (tertiary/aromatic N) is 2. The SMILES string of the molecule is OC[C@H](O)c1cncc([C@@H](O)CO)n1. The molecule has 0 aliphatic rings. The highest BCUT2D eigenvalue weighted by Gasteiger charge is 2.12. The highest BCUT2D eigenvalue weighted by Crippen LogP contribution is 2.12. The molecule has 1 rings (SSSR count). The van der Waals surface area contributed by atoms with E-state index in [4.69, 9.17) is 10.2 Å². The Balaban J connectivity index is 2.89. The fourth-order valence-corrected chi connectivity index (χ4v) is 0.905. The summed E-state index contributed by atoms with van der Waals surface area (Å²) in [6, 6.07) is 0. The van der Waals surface area contributed by atoms with E-state index in [9.17, 15) is 10.2 Å². The van der Waals surface area contributed by atoms with Crippen molar-refractivity contribution < 1.29 is 20.4 Å². The van der Waals surface area contributed by atoms with E-state index in [-0.39, 0.29) is 11.4 Å². The van der Waals surface area contributed by atoms with Gasteiger partial charge < -0.3 is 20.4 Å². The molecule has 4 N–H and O–H groups in total. The summed E-state index contributed by atoms with van der Waals surface area (Å²) in [6.07, 6.45) is 0.338. The third-order valence-corrected chi connectivity index (χ3v) is 1.70. The number of aliphatic hydroxyl groups excluding tert-OH is 4. The highest BCUT2D eigenvalue weighted by atomic mass is 16.3. The molecular weight excluding hydrogens is 188 g/mol. The lowest BCUT2D eigenvalue weighted by Gasteiger charge is -2.10. The monoisotopic (exact) mass is 200 g/mol. The lowest BCUT2D eigenvalue weighted by Crippen LogP contribution is -2.11. The van der Waals surface area contributed by atoms with Crippen LogP contribution in [0.4, 0.5) is 0 Å². The van der Waals surface area contributed by atoms with Crippen LogP contribution in [0.15, 0.2) is 12.4 Å². The van der Waals surface area contributed by atoms with Crippen molar-refractivity contribution >= 4 is 0 Å². The summed E-state index contributed by atoms with van der Waals surface area (Å²) < 4.78 is 0. The topological polar surface area (TPSA) is 107 Å². The zero-order valence-corrected chi connectivity index (χ0v) is 7.41. The Bertz CT molecular complexity index is 269. The average molecular weight is 200 g/mol. The van der Waals surface area contributed by atoms with Crippen molar-refractivity contribution in [2.75, 3.05) is 13.2 Å². The van der Waals surface area contributed by atoms with E-state index in [0.29, 0.717) is 0 Å². The van der Waals surface area contributed by atoms with E-state index < -0.39 is 25.4 Å². The van der Waals surface area contributed by atoms with Crippen LogP contribution in [0.5, 0.6) is 0 Å². The minimum absolute atomic E-state index is 0.164. The van der Waals surface area contributed by atoms with E-state index >= 15 is 0 Å². The zero-order valence-electron chi connectivity index (χ0n) is 7.41. The molecule has 2 atom stereocenters. The molecule has 0 amide bonds. The van der Waals surface area contributed by atoms with Crippen molar-refractivity contribution in [1.29, 1.82) is 0 Å². The van der Waals surface area contributed by atoms with Gasteiger partial charge in [0.25, 0.3) is 0 Å². The van der Waals surface area contributed by atoms with Crippen LogP contribution in [0.25, 0.3) is 0 Å². The first-order valence-electron chi connectivity index (χ1n) is 4.08. The summed E-state index contributed by atoms with van der Waals surface area (Å²) in [5, 5.41) is 35.7. The molecule has 1 heterocycles. The molecule has 0 aromatic carbocycles.